The summed E-state index contributed by atoms with van der Waals surface area (Å²) in [5.41, 5.74) is 0. The van der Waals surface area contributed by atoms with E-state index in [1.54, 1.807) is 0 Å². The lowest BCUT2D eigenvalue weighted by Gasteiger charge is -2.35. The predicted molar refractivity (Wildman–Crippen MR) is 73.5 cm³/mol. The minimum absolute atomic E-state index is 1.07. The molecule has 0 aliphatic carbocycles. The molecule has 0 rings (SSSR count). The van der Waals surface area contributed by atoms with Crippen molar-refractivity contribution in [2.75, 3.05) is 26.2 Å². The normalized spacial score (nSPS) is 11.7. The highest BCUT2D eigenvalue weighted by atomic mass is 32.1. The smallest absolute Gasteiger partial charge is 0.0786 e. The van der Waals surface area contributed by atoms with Crippen LogP contribution in [0.15, 0.2) is 0 Å². The molecule has 0 aliphatic rings. The highest BCUT2D eigenvalue weighted by Gasteiger charge is 2.19. The lowest BCUT2D eigenvalue weighted by atomic mass is 10.1. The van der Waals surface area contributed by atoms with Gasteiger partial charge in [-0.2, -0.15) is 0 Å². The van der Waals surface area contributed by atoms with E-state index >= 15 is 0 Å². The SMILES string of the molecule is CCC(=S)CCCC[N+](CC)(CC)CC. The van der Waals surface area contributed by atoms with Crippen LogP contribution in [-0.4, -0.2) is 35.5 Å². The van der Waals surface area contributed by atoms with Crippen molar-refractivity contribution < 1.29 is 4.48 Å². The number of hydrogen-bond acceptors (Lipinski definition) is 1. The van der Waals surface area contributed by atoms with Gasteiger partial charge in [-0.25, -0.2) is 0 Å². The molecule has 90 valence electrons. The summed E-state index contributed by atoms with van der Waals surface area (Å²) in [6.07, 6.45) is 4.84. The van der Waals surface area contributed by atoms with Gasteiger partial charge in [-0.15, -0.1) is 0 Å². The summed E-state index contributed by atoms with van der Waals surface area (Å²) in [5.74, 6) is 0. The maximum atomic E-state index is 5.24. The second kappa shape index (κ2) is 8.23. The summed E-state index contributed by atoms with van der Waals surface area (Å²) in [6, 6.07) is 0. The molecule has 0 aromatic heterocycles. The lowest BCUT2D eigenvalue weighted by Crippen LogP contribution is -2.48. The van der Waals surface area contributed by atoms with Crippen molar-refractivity contribution in [2.24, 2.45) is 0 Å². The van der Waals surface area contributed by atoms with E-state index in [1.165, 1.54) is 48.4 Å². The van der Waals surface area contributed by atoms with Crippen LogP contribution in [0.4, 0.5) is 0 Å². The van der Waals surface area contributed by atoms with Gasteiger partial charge in [-0.1, -0.05) is 19.1 Å². The van der Waals surface area contributed by atoms with Crippen LogP contribution in [0.3, 0.4) is 0 Å². The fourth-order valence-electron chi connectivity index (χ4n) is 2.09. The van der Waals surface area contributed by atoms with Crippen molar-refractivity contribution in [1.29, 1.82) is 0 Å². The summed E-state index contributed by atoms with van der Waals surface area (Å²) >= 11 is 5.24. The number of thiocarbonyl (C=S) groups is 1. The first kappa shape index (κ1) is 15.0. The Bertz CT molecular complexity index is 165. The quantitative estimate of drug-likeness (QED) is 0.330. The topological polar surface area (TPSA) is 0 Å². The standard InChI is InChI=1S/C13H28NS/c1-5-13(15)11-9-10-12-14(6-2,7-3)8-4/h5-12H2,1-4H3/q+1. The zero-order valence-corrected chi connectivity index (χ0v) is 11.8. The van der Waals surface area contributed by atoms with E-state index in [4.69, 9.17) is 12.2 Å². The summed E-state index contributed by atoms with van der Waals surface area (Å²) < 4.78 is 1.28. The highest BCUT2D eigenvalue weighted by molar-refractivity contribution is 7.80. The molecule has 0 aliphatic heterocycles. The number of hydrogen-bond donors (Lipinski definition) is 0. The Morgan fingerprint density at radius 1 is 0.933 bits per heavy atom. The van der Waals surface area contributed by atoms with Crippen molar-refractivity contribution in [3.8, 4) is 0 Å². The van der Waals surface area contributed by atoms with Crippen LogP contribution in [0.2, 0.25) is 0 Å². The molecule has 1 nitrogen and oxygen atoms in total. The molecule has 0 unspecified atom stereocenters. The molecule has 0 aromatic rings. The van der Waals surface area contributed by atoms with Crippen LogP contribution in [0.25, 0.3) is 0 Å². The van der Waals surface area contributed by atoms with Crippen molar-refractivity contribution in [3.05, 3.63) is 0 Å². The summed E-state index contributed by atoms with van der Waals surface area (Å²) in [4.78, 5) is 1.25. The predicted octanol–water partition coefficient (Wildman–Crippen LogP) is 3.81. The Morgan fingerprint density at radius 3 is 1.87 bits per heavy atom. The van der Waals surface area contributed by atoms with Gasteiger partial charge in [0.05, 0.1) is 26.2 Å². The molecule has 0 atom stereocenters. The van der Waals surface area contributed by atoms with Crippen molar-refractivity contribution in [2.45, 2.75) is 53.4 Å². The third-order valence-electron chi connectivity index (χ3n) is 3.74. The Labute approximate surface area is 101 Å². The first-order chi connectivity index (χ1) is 7.14. The second-order valence-corrected chi connectivity index (χ2v) is 4.94. The Kier molecular flexibility index (Phi) is 8.26. The molecule has 0 N–H and O–H groups in total. The molecule has 0 fully saturated rings. The van der Waals surface area contributed by atoms with E-state index in [0.717, 1.165) is 12.8 Å². The molecule has 0 amide bonds. The monoisotopic (exact) mass is 230 g/mol. The largest absolute Gasteiger partial charge is 0.324 e. The van der Waals surface area contributed by atoms with Crippen LogP contribution < -0.4 is 0 Å². The third-order valence-corrected chi connectivity index (χ3v) is 4.24. The van der Waals surface area contributed by atoms with E-state index in [0.29, 0.717) is 0 Å². The van der Waals surface area contributed by atoms with Gasteiger partial charge in [0.2, 0.25) is 0 Å². The molecular weight excluding hydrogens is 202 g/mol. The van der Waals surface area contributed by atoms with Gasteiger partial charge < -0.3 is 4.48 Å². The molecule has 0 radical (unpaired) electrons. The molecule has 0 bridgehead atoms. The molecule has 0 aromatic carbocycles. The van der Waals surface area contributed by atoms with Gasteiger partial charge in [-0.3, -0.25) is 0 Å². The summed E-state index contributed by atoms with van der Waals surface area (Å²) in [7, 11) is 0. The van der Waals surface area contributed by atoms with Crippen molar-refractivity contribution in [1.82, 2.24) is 0 Å². The molecule has 15 heavy (non-hydrogen) atoms. The van der Waals surface area contributed by atoms with Gasteiger partial charge in [0.25, 0.3) is 0 Å². The van der Waals surface area contributed by atoms with Gasteiger partial charge in [0.15, 0.2) is 0 Å². The minimum atomic E-state index is 1.07. The highest BCUT2D eigenvalue weighted by Crippen LogP contribution is 2.10. The number of quaternary nitrogens is 1. The number of rotatable bonds is 9. The molecule has 0 spiro atoms. The maximum absolute atomic E-state index is 5.24. The van der Waals surface area contributed by atoms with E-state index in [-0.39, 0.29) is 0 Å². The van der Waals surface area contributed by atoms with Gasteiger partial charge in [0, 0.05) is 0 Å². The van der Waals surface area contributed by atoms with Crippen molar-refractivity contribution >= 4 is 17.1 Å². The van der Waals surface area contributed by atoms with Crippen molar-refractivity contribution in [3.63, 3.8) is 0 Å². The van der Waals surface area contributed by atoms with Gasteiger partial charge in [-0.05, 0) is 51.3 Å². The van der Waals surface area contributed by atoms with Crippen LogP contribution in [0.5, 0.6) is 0 Å². The molecule has 0 saturated heterocycles. The zero-order chi connectivity index (χ0) is 11.7. The van der Waals surface area contributed by atoms with Crippen LogP contribution >= 0.6 is 12.2 Å². The first-order valence-corrected chi connectivity index (χ1v) is 6.91. The Morgan fingerprint density at radius 2 is 1.47 bits per heavy atom. The van der Waals surface area contributed by atoms with Gasteiger partial charge in [0.1, 0.15) is 0 Å². The zero-order valence-electron chi connectivity index (χ0n) is 11.0. The van der Waals surface area contributed by atoms with E-state index < -0.39 is 0 Å². The van der Waals surface area contributed by atoms with E-state index in [9.17, 15) is 0 Å². The second-order valence-electron chi connectivity index (χ2n) is 4.36. The molecular formula is C13H28NS+. The van der Waals surface area contributed by atoms with Crippen LogP contribution in [0.1, 0.15) is 53.4 Å². The average molecular weight is 230 g/mol. The minimum Gasteiger partial charge on any atom is -0.324 e. The third kappa shape index (κ3) is 5.62. The first-order valence-electron chi connectivity index (χ1n) is 6.50. The molecule has 0 heterocycles. The fraction of sp³-hybridized carbons (Fsp3) is 0.923. The fourth-order valence-corrected chi connectivity index (χ4v) is 2.24. The van der Waals surface area contributed by atoms with E-state index in [2.05, 4.69) is 27.7 Å². The average Bonchev–Trinajstić information content (AvgIpc) is 2.30. The maximum Gasteiger partial charge on any atom is 0.0786 e. The number of nitrogens with zero attached hydrogens (tertiary/aromatic N) is 1. The van der Waals surface area contributed by atoms with Crippen LogP contribution in [-0.2, 0) is 0 Å². The summed E-state index contributed by atoms with van der Waals surface area (Å²) in [5, 5.41) is 0. The Hall–Kier alpha value is 0.0500. The summed E-state index contributed by atoms with van der Waals surface area (Å²) in [6.45, 7) is 14.2. The Balaban J connectivity index is 3.76. The van der Waals surface area contributed by atoms with E-state index in [1.807, 2.05) is 0 Å². The van der Waals surface area contributed by atoms with Gasteiger partial charge >= 0.3 is 0 Å². The molecule has 2 heteroatoms. The lowest BCUT2D eigenvalue weighted by molar-refractivity contribution is -0.923. The molecule has 0 saturated carbocycles. The van der Waals surface area contributed by atoms with Crippen LogP contribution in [0, 0.1) is 0 Å². The number of unbranched alkanes of at least 4 members (excludes halogenated alkanes) is 1.